The maximum Gasteiger partial charge on any atom is 0.283 e. The van der Waals surface area contributed by atoms with Gasteiger partial charge in [-0.1, -0.05) is 41.9 Å². The largest absolute Gasteiger partial charge is 0.372 e. The predicted molar refractivity (Wildman–Crippen MR) is 112 cm³/mol. The van der Waals surface area contributed by atoms with Crippen LogP contribution >= 0.6 is 22.9 Å². The number of nitrogens with one attached hydrogen (secondary N) is 1. The highest BCUT2D eigenvalue weighted by Gasteiger charge is 2.16. The Morgan fingerprint density at radius 1 is 1.15 bits per heavy atom. The van der Waals surface area contributed by atoms with Gasteiger partial charge in [0, 0.05) is 28.9 Å². The molecule has 0 bridgehead atoms. The van der Waals surface area contributed by atoms with E-state index in [0.29, 0.717) is 9.90 Å². The normalized spacial score (nSPS) is 11.2. The van der Waals surface area contributed by atoms with Crippen LogP contribution in [-0.4, -0.2) is 25.2 Å². The SMILES string of the molecule is CCN(CC)c1ccc(/C=N\NC(=O)c2sc3ccccc3c2Cl)cc1. The quantitative estimate of drug-likeness (QED) is 0.470. The molecule has 1 aromatic heterocycles. The summed E-state index contributed by atoms with van der Waals surface area (Å²) in [5, 5.41) is 5.42. The topological polar surface area (TPSA) is 44.7 Å². The molecule has 0 aliphatic rings. The van der Waals surface area contributed by atoms with Crippen LogP contribution in [-0.2, 0) is 0 Å². The van der Waals surface area contributed by atoms with Crippen LogP contribution in [0.3, 0.4) is 0 Å². The van der Waals surface area contributed by atoms with Crippen LogP contribution < -0.4 is 10.3 Å². The first-order chi connectivity index (χ1) is 12.6. The molecule has 0 saturated heterocycles. The smallest absolute Gasteiger partial charge is 0.283 e. The minimum atomic E-state index is -0.299. The molecule has 26 heavy (non-hydrogen) atoms. The number of halogens is 1. The van der Waals surface area contributed by atoms with E-state index in [9.17, 15) is 4.79 Å². The van der Waals surface area contributed by atoms with E-state index in [-0.39, 0.29) is 5.91 Å². The van der Waals surface area contributed by atoms with Gasteiger partial charge in [-0.05, 0) is 37.6 Å². The van der Waals surface area contributed by atoms with Gasteiger partial charge < -0.3 is 4.90 Å². The Morgan fingerprint density at radius 2 is 1.85 bits per heavy atom. The van der Waals surface area contributed by atoms with Crippen molar-refractivity contribution in [1.82, 2.24) is 5.43 Å². The number of hydrogen-bond acceptors (Lipinski definition) is 4. The van der Waals surface area contributed by atoms with Crippen LogP contribution in [0.25, 0.3) is 10.1 Å². The van der Waals surface area contributed by atoms with Crippen LogP contribution in [0, 0.1) is 0 Å². The molecular formula is C20H20ClN3OS. The lowest BCUT2D eigenvalue weighted by Gasteiger charge is -2.20. The molecule has 3 rings (SSSR count). The van der Waals surface area contributed by atoms with E-state index in [0.717, 1.165) is 28.7 Å². The average molecular weight is 386 g/mol. The van der Waals surface area contributed by atoms with Crippen molar-refractivity contribution in [2.24, 2.45) is 5.10 Å². The van der Waals surface area contributed by atoms with Gasteiger partial charge in [-0.2, -0.15) is 5.10 Å². The van der Waals surface area contributed by atoms with Crippen molar-refractivity contribution in [2.45, 2.75) is 13.8 Å². The predicted octanol–water partition coefficient (Wildman–Crippen LogP) is 5.16. The van der Waals surface area contributed by atoms with Gasteiger partial charge in [0.1, 0.15) is 4.88 Å². The van der Waals surface area contributed by atoms with Crippen LogP contribution in [0.1, 0.15) is 29.1 Å². The monoisotopic (exact) mass is 385 g/mol. The first-order valence-electron chi connectivity index (χ1n) is 8.49. The second-order valence-corrected chi connectivity index (χ2v) is 7.13. The molecule has 3 aromatic rings. The Morgan fingerprint density at radius 3 is 2.50 bits per heavy atom. The molecule has 1 N–H and O–H groups in total. The maximum atomic E-state index is 12.3. The second kappa shape index (κ2) is 8.34. The lowest BCUT2D eigenvalue weighted by atomic mass is 10.2. The Labute approximate surface area is 162 Å². The first-order valence-corrected chi connectivity index (χ1v) is 9.69. The fourth-order valence-corrected chi connectivity index (χ4v) is 4.14. The van der Waals surface area contributed by atoms with Gasteiger partial charge in [0.2, 0.25) is 0 Å². The third kappa shape index (κ3) is 3.89. The molecule has 1 amide bonds. The van der Waals surface area contributed by atoms with Gasteiger partial charge in [0.05, 0.1) is 11.2 Å². The molecule has 0 saturated carbocycles. The fourth-order valence-electron chi connectivity index (χ4n) is 2.74. The Balaban J connectivity index is 1.68. The lowest BCUT2D eigenvalue weighted by Crippen LogP contribution is -2.21. The molecule has 0 aliphatic heterocycles. The van der Waals surface area contributed by atoms with E-state index < -0.39 is 0 Å². The summed E-state index contributed by atoms with van der Waals surface area (Å²) in [4.78, 5) is 15.1. The van der Waals surface area contributed by atoms with Crippen molar-refractivity contribution >= 4 is 50.8 Å². The third-order valence-corrected chi connectivity index (χ3v) is 5.82. The number of amides is 1. The number of rotatable bonds is 6. The Kier molecular flexibility index (Phi) is 5.91. The van der Waals surface area contributed by atoms with Gasteiger partial charge in [-0.25, -0.2) is 5.43 Å². The highest BCUT2D eigenvalue weighted by atomic mass is 35.5. The second-order valence-electron chi connectivity index (χ2n) is 5.70. The van der Waals surface area contributed by atoms with Crippen LogP contribution in [0.4, 0.5) is 5.69 Å². The van der Waals surface area contributed by atoms with Crippen molar-refractivity contribution in [1.29, 1.82) is 0 Å². The highest BCUT2D eigenvalue weighted by molar-refractivity contribution is 7.21. The summed E-state index contributed by atoms with van der Waals surface area (Å²) in [6, 6.07) is 15.8. The van der Waals surface area contributed by atoms with E-state index in [4.69, 9.17) is 11.6 Å². The van der Waals surface area contributed by atoms with Gasteiger partial charge in [-0.15, -0.1) is 11.3 Å². The highest BCUT2D eigenvalue weighted by Crippen LogP contribution is 2.34. The molecule has 0 radical (unpaired) electrons. The molecule has 134 valence electrons. The zero-order valence-electron chi connectivity index (χ0n) is 14.7. The average Bonchev–Trinajstić information content (AvgIpc) is 3.01. The maximum absolute atomic E-state index is 12.3. The van der Waals surface area contributed by atoms with Crippen molar-refractivity contribution in [2.75, 3.05) is 18.0 Å². The van der Waals surface area contributed by atoms with Crippen molar-refractivity contribution in [3.8, 4) is 0 Å². The summed E-state index contributed by atoms with van der Waals surface area (Å²) >= 11 is 7.68. The number of carbonyl (C=O) groups is 1. The third-order valence-electron chi connectivity index (χ3n) is 4.14. The van der Waals surface area contributed by atoms with E-state index in [1.807, 2.05) is 36.4 Å². The number of benzene rings is 2. The summed E-state index contributed by atoms with van der Waals surface area (Å²) in [5.74, 6) is -0.299. The molecule has 6 heteroatoms. The number of carbonyl (C=O) groups excluding carboxylic acids is 1. The number of anilines is 1. The summed E-state index contributed by atoms with van der Waals surface area (Å²) < 4.78 is 0.985. The van der Waals surface area contributed by atoms with Crippen molar-refractivity contribution in [3.05, 3.63) is 64.0 Å². The molecule has 4 nitrogen and oxygen atoms in total. The Hall–Kier alpha value is -2.37. The molecule has 0 spiro atoms. The Bertz CT molecular complexity index is 930. The van der Waals surface area contributed by atoms with Crippen LogP contribution in [0.5, 0.6) is 0 Å². The zero-order chi connectivity index (χ0) is 18.5. The lowest BCUT2D eigenvalue weighted by molar-refractivity contribution is 0.0959. The first kappa shape index (κ1) is 18.4. The summed E-state index contributed by atoms with van der Waals surface area (Å²) in [6.45, 7) is 6.20. The van der Waals surface area contributed by atoms with Crippen molar-refractivity contribution in [3.63, 3.8) is 0 Å². The van der Waals surface area contributed by atoms with Crippen LogP contribution in [0.2, 0.25) is 5.02 Å². The van der Waals surface area contributed by atoms with E-state index >= 15 is 0 Å². The standard InChI is InChI=1S/C20H20ClN3OS/c1-3-24(4-2)15-11-9-14(10-12-15)13-22-23-20(25)19-18(21)16-7-5-6-8-17(16)26-19/h5-13H,3-4H2,1-2H3,(H,23,25)/b22-13-. The van der Waals surface area contributed by atoms with Gasteiger partial charge in [0.15, 0.2) is 0 Å². The minimum Gasteiger partial charge on any atom is -0.372 e. The molecule has 0 atom stereocenters. The summed E-state index contributed by atoms with van der Waals surface area (Å²) in [7, 11) is 0. The fraction of sp³-hybridized carbons (Fsp3) is 0.200. The number of hydrogen-bond donors (Lipinski definition) is 1. The van der Waals surface area contributed by atoms with E-state index in [1.54, 1.807) is 6.21 Å². The van der Waals surface area contributed by atoms with Gasteiger partial charge >= 0.3 is 0 Å². The van der Waals surface area contributed by atoms with Crippen LogP contribution in [0.15, 0.2) is 53.6 Å². The molecule has 2 aromatic carbocycles. The minimum absolute atomic E-state index is 0.299. The zero-order valence-corrected chi connectivity index (χ0v) is 16.3. The van der Waals surface area contributed by atoms with Gasteiger partial charge in [0.25, 0.3) is 5.91 Å². The van der Waals surface area contributed by atoms with E-state index in [1.165, 1.54) is 17.0 Å². The number of thiophene rings is 1. The number of nitrogens with zero attached hydrogens (tertiary/aromatic N) is 2. The molecule has 0 unspecified atom stereocenters. The molecule has 1 heterocycles. The number of hydrazone groups is 1. The molecule has 0 aliphatic carbocycles. The summed E-state index contributed by atoms with van der Waals surface area (Å²) in [5.41, 5.74) is 4.65. The number of fused-ring (bicyclic) bond motifs is 1. The molecule has 0 fully saturated rings. The molecular weight excluding hydrogens is 366 g/mol. The van der Waals surface area contributed by atoms with Gasteiger partial charge in [-0.3, -0.25) is 4.79 Å². The van der Waals surface area contributed by atoms with E-state index in [2.05, 4.69) is 41.4 Å². The summed E-state index contributed by atoms with van der Waals surface area (Å²) in [6.07, 6.45) is 1.63. The van der Waals surface area contributed by atoms with Crippen molar-refractivity contribution < 1.29 is 4.79 Å².